The second-order valence-corrected chi connectivity index (χ2v) is 3.84. The number of ether oxygens (including phenoxy) is 1. The number of hydrogen-bond donors (Lipinski definition) is 1. The van der Waals surface area contributed by atoms with Gasteiger partial charge in [0.25, 0.3) is 0 Å². The fraction of sp³-hybridized carbons (Fsp3) is 0.417. The van der Waals surface area contributed by atoms with E-state index in [1.165, 1.54) is 12.8 Å². The van der Waals surface area contributed by atoms with Crippen LogP contribution in [0.15, 0.2) is 24.3 Å². The summed E-state index contributed by atoms with van der Waals surface area (Å²) < 4.78 is 5.27. The predicted molar refractivity (Wildman–Crippen MR) is 61.0 cm³/mol. The van der Waals surface area contributed by atoms with E-state index in [0.29, 0.717) is 5.75 Å². The van der Waals surface area contributed by atoms with Gasteiger partial charge in [0, 0.05) is 13.1 Å². The van der Waals surface area contributed by atoms with Crippen LogP contribution in [-0.2, 0) is 4.79 Å². The number of hydrogen-bond acceptors (Lipinski definition) is 3. The Hall–Kier alpha value is -1.71. The van der Waals surface area contributed by atoms with Gasteiger partial charge in [-0.25, -0.2) is 4.79 Å². The Morgan fingerprint density at radius 1 is 1.31 bits per heavy atom. The second kappa shape index (κ2) is 4.88. The third kappa shape index (κ3) is 2.45. The molecule has 0 amide bonds. The summed E-state index contributed by atoms with van der Waals surface area (Å²) in [5, 5.41) is 8.59. The van der Waals surface area contributed by atoms with Crippen molar-refractivity contribution in [1.29, 1.82) is 0 Å². The van der Waals surface area contributed by atoms with Crippen molar-refractivity contribution in [3.8, 4) is 5.75 Å². The lowest BCUT2D eigenvalue weighted by Gasteiger charge is -2.20. The van der Waals surface area contributed by atoms with Crippen molar-refractivity contribution in [2.24, 2.45) is 0 Å². The van der Waals surface area contributed by atoms with Gasteiger partial charge in [-0.2, -0.15) is 0 Å². The number of carbonyl (C=O) groups is 1. The molecule has 0 saturated carbocycles. The number of aliphatic carboxylic acids is 1. The highest BCUT2D eigenvalue weighted by Crippen LogP contribution is 2.30. The molecular formula is C12H15NO3. The fourth-order valence-electron chi connectivity index (χ4n) is 1.94. The summed E-state index contributed by atoms with van der Waals surface area (Å²) in [5.74, 6) is -0.289. The molecule has 0 aliphatic carbocycles. The normalized spacial score (nSPS) is 15.1. The number of rotatable bonds is 4. The van der Waals surface area contributed by atoms with E-state index in [1.807, 2.05) is 24.3 Å². The molecule has 16 heavy (non-hydrogen) atoms. The van der Waals surface area contributed by atoms with E-state index in [2.05, 4.69) is 4.90 Å². The van der Waals surface area contributed by atoms with E-state index in [4.69, 9.17) is 9.84 Å². The number of carboxylic acids is 1. The first-order valence-corrected chi connectivity index (χ1v) is 5.46. The minimum atomic E-state index is -0.948. The molecule has 0 unspecified atom stereocenters. The molecule has 1 heterocycles. The minimum Gasteiger partial charge on any atom is -0.480 e. The molecule has 0 bridgehead atoms. The molecule has 0 atom stereocenters. The number of benzene rings is 1. The summed E-state index contributed by atoms with van der Waals surface area (Å²) >= 11 is 0. The molecule has 0 radical (unpaired) electrons. The van der Waals surface area contributed by atoms with E-state index in [0.717, 1.165) is 18.8 Å². The molecule has 0 aromatic heterocycles. The Morgan fingerprint density at radius 3 is 2.69 bits per heavy atom. The van der Waals surface area contributed by atoms with Gasteiger partial charge >= 0.3 is 5.97 Å². The Morgan fingerprint density at radius 2 is 2.00 bits per heavy atom. The van der Waals surface area contributed by atoms with Gasteiger partial charge in [0.2, 0.25) is 0 Å². The fourth-order valence-corrected chi connectivity index (χ4v) is 1.94. The van der Waals surface area contributed by atoms with E-state index >= 15 is 0 Å². The number of para-hydroxylation sites is 2. The SMILES string of the molecule is O=C(O)COc1ccccc1N1CCCC1. The Labute approximate surface area is 94.4 Å². The third-order valence-electron chi connectivity index (χ3n) is 2.66. The summed E-state index contributed by atoms with van der Waals surface area (Å²) in [4.78, 5) is 12.7. The van der Waals surface area contributed by atoms with Crippen molar-refractivity contribution >= 4 is 11.7 Å². The van der Waals surface area contributed by atoms with Crippen molar-refractivity contribution in [1.82, 2.24) is 0 Å². The van der Waals surface area contributed by atoms with Crippen LogP contribution >= 0.6 is 0 Å². The van der Waals surface area contributed by atoms with Crippen LogP contribution < -0.4 is 9.64 Å². The first-order valence-electron chi connectivity index (χ1n) is 5.46. The molecule has 86 valence electrons. The van der Waals surface area contributed by atoms with Crippen LogP contribution in [0.2, 0.25) is 0 Å². The van der Waals surface area contributed by atoms with E-state index in [-0.39, 0.29) is 6.61 Å². The second-order valence-electron chi connectivity index (χ2n) is 3.84. The van der Waals surface area contributed by atoms with E-state index in [9.17, 15) is 4.79 Å². The molecular weight excluding hydrogens is 206 g/mol. The maximum Gasteiger partial charge on any atom is 0.341 e. The van der Waals surface area contributed by atoms with Crippen LogP contribution in [0.1, 0.15) is 12.8 Å². The summed E-state index contributed by atoms with van der Waals surface area (Å²) in [5.41, 5.74) is 1.00. The molecule has 1 fully saturated rings. The van der Waals surface area contributed by atoms with Crippen LogP contribution in [0.4, 0.5) is 5.69 Å². The molecule has 1 aliphatic heterocycles. The van der Waals surface area contributed by atoms with Gasteiger partial charge in [0.05, 0.1) is 5.69 Å². The van der Waals surface area contributed by atoms with Gasteiger partial charge < -0.3 is 14.7 Å². The Kier molecular flexibility index (Phi) is 3.29. The number of nitrogens with zero attached hydrogens (tertiary/aromatic N) is 1. The highest BCUT2D eigenvalue weighted by atomic mass is 16.5. The van der Waals surface area contributed by atoms with Gasteiger partial charge in [0.15, 0.2) is 6.61 Å². The Bertz CT molecular complexity index is 372. The predicted octanol–water partition coefficient (Wildman–Crippen LogP) is 1.75. The zero-order valence-corrected chi connectivity index (χ0v) is 9.06. The molecule has 1 aromatic rings. The quantitative estimate of drug-likeness (QED) is 0.841. The molecule has 1 saturated heterocycles. The molecule has 4 heteroatoms. The Balaban J connectivity index is 2.13. The van der Waals surface area contributed by atoms with Crippen molar-refractivity contribution in [2.75, 3.05) is 24.6 Å². The van der Waals surface area contributed by atoms with Crippen molar-refractivity contribution in [3.63, 3.8) is 0 Å². The van der Waals surface area contributed by atoms with Gasteiger partial charge in [0.1, 0.15) is 5.75 Å². The first-order chi connectivity index (χ1) is 7.77. The molecule has 4 nitrogen and oxygen atoms in total. The summed E-state index contributed by atoms with van der Waals surface area (Å²) in [6, 6.07) is 7.59. The molecule has 1 aromatic carbocycles. The van der Waals surface area contributed by atoms with Crippen molar-refractivity contribution in [3.05, 3.63) is 24.3 Å². The monoisotopic (exact) mass is 221 g/mol. The van der Waals surface area contributed by atoms with Crippen LogP contribution in [0.5, 0.6) is 5.75 Å². The van der Waals surface area contributed by atoms with E-state index in [1.54, 1.807) is 0 Å². The third-order valence-corrected chi connectivity index (χ3v) is 2.66. The van der Waals surface area contributed by atoms with Gasteiger partial charge in [-0.1, -0.05) is 12.1 Å². The molecule has 2 rings (SSSR count). The van der Waals surface area contributed by atoms with Gasteiger partial charge in [-0.15, -0.1) is 0 Å². The summed E-state index contributed by atoms with van der Waals surface area (Å²) in [6.45, 7) is 1.76. The highest BCUT2D eigenvalue weighted by Gasteiger charge is 2.16. The average Bonchev–Trinajstić information content (AvgIpc) is 2.80. The lowest BCUT2D eigenvalue weighted by Crippen LogP contribution is -2.19. The zero-order valence-electron chi connectivity index (χ0n) is 9.06. The van der Waals surface area contributed by atoms with Crippen LogP contribution in [0.3, 0.4) is 0 Å². The van der Waals surface area contributed by atoms with Gasteiger partial charge in [-0.05, 0) is 25.0 Å². The van der Waals surface area contributed by atoms with Crippen LogP contribution in [-0.4, -0.2) is 30.8 Å². The zero-order chi connectivity index (χ0) is 11.4. The van der Waals surface area contributed by atoms with Crippen molar-refractivity contribution in [2.45, 2.75) is 12.8 Å². The van der Waals surface area contributed by atoms with Crippen LogP contribution in [0, 0.1) is 0 Å². The summed E-state index contributed by atoms with van der Waals surface area (Å²) in [6.07, 6.45) is 2.38. The number of carboxylic acid groups (broad SMARTS) is 1. The maximum absolute atomic E-state index is 10.5. The standard InChI is InChI=1S/C12H15NO3/c14-12(15)9-16-11-6-2-1-5-10(11)13-7-3-4-8-13/h1-2,5-6H,3-4,7-9H2,(H,14,15). The van der Waals surface area contributed by atoms with E-state index < -0.39 is 5.97 Å². The molecule has 0 spiro atoms. The van der Waals surface area contributed by atoms with Crippen LogP contribution in [0.25, 0.3) is 0 Å². The maximum atomic E-state index is 10.5. The molecule has 1 N–H and O–H groups in total. The first kappa shape index (κ1) is 10.8. The lowest BCUT2D eigenvalue weighted by molar-refractivity contribution is -0.139. The average molecular weight is 221 g/mol. The topological polar surface area (TPSA) is 49.8 Å². The van der Waals surface area contributed by atoms with Crippen molar-refractivity contribution < 1.29 is 14.6 Å². The van der Waals surface area contributed by atoms with Gasteiger partial charge in [-0.3, -0.25) is 0 Å². The largest absolute Gasteiger partial charge is 0.480 e. The lowest BCUT2D eigenvalue weighted by atomic mass is 10.2. The summed E-state index contributed by atoms with van der Waals surface area (Å²) in [7, 11) is 0. The smallest absolute Gasteiger partial charge is 0.341 e. The molecule has 1 aliphatic rings. The minimum absolute atomic E-state index is 0.287. The number of anilines is 1. The highest BCUT2D eigenvalue weighted by molar-refractivity contribution is 5.69.